The highest BCUT2D eigenvalue weighted by molar-refractivity contribution is 5.80. The molecule has 7 nitrogen and oxygen atoms in total. The monoisotopic (exact) mass is 385 g/mol. The summed E-state index contributed by atoms with van der Waals surface area (Å²) >= 11 is 0. The number of ether oxygens (including phenoxy) is 2. The van der Waals surface area contributed by atoms with Crippen LogP contribution in [0.3, 0.4) is 0 Å². The summed E-state index contributed by atoms with van der Waals surface area (Å²) in [6, 6.07) is 7.66. The largest absolute Gasteiger partial charge is 0.497 e. The van der Waals surface area contributed by atoms with Crippen LogP contribution in [0.1, 0.15) is 31.2 Å². The first kappa shape index (κ1) is 20.0. The molecule has 1 aliphatic heterocycles. The predicted octanol–water partition coefficient (Wildman–Crippen LogP) is 2.65. The Balaban J connectivity index is 1.46. The molecule has 1 unspecified atom stereocenters. The molecule has 1 saturated heterocycles. The highest BCUT2D eigenvalue weighted by Crippen LogP contribution is 2.26. The van der Waals surface area contributed by atoms with Crippen LogP contribution in [0.25, 0.3) is 0 Å². The number of hydrogen-bond acceptors (Lipinski definition) is 4. The van der Waals surface area contributed by atoms with Crippen molar-refractivity contribution in [2.24, 2.45) is 12.0 Å². The number of hydrogen-bond donors (Lipinski definition) is 1. The van der Waals surface area contributed by atoms with Crippen molar-refractivity contribution in [1.29, 1.82) is 0 Å². The van der Waals surface area contributed by atoms with Crippen LogP contribution < -0.4 is 14.8 Å². The number of aryl methyl sites for hydroxylation is 1. The number of methoxy groups -OCH3 is 1. The van der Waals surface area contributed by atoms with Gasteiger partial charge in [-0.3, -0.25) is 9.67 Å². The van der Waals surface area contributed by atoms with Crippen molar-refractivity contribution < 1.29 is 9.47 Å². The van der Waals surface area contributed by atoms with E-state index in [0.717, 1.165) is 56.5 Å². The molecule has 1 fully saturated rings. The molecule has 7 heteroatoms. The van der Waals surface area contributed by atoms with Crippen LogP contribution in [0.5, 0.6) is 11.5 Å². The number of guanidine groups is 1. The number of aliphatic imine (C=N–C) groups is 1. The molecule has 1 aromatic heterocycles. The van der Waals surface area contributed by atoms with Gasteiger partial charge in [-0.2, -0.15) is 5.10 Å². The second kappa shape index (κ2) is 10.0. The summed E-state index contributed by atoms with van der Waals surface area (Å²) in [6.45, 7) is 6.37. The van der Waals surface area contributed by atoms with Gasteiger partial charge in [0.25, 0.3) is 0 Å². The quantitative estimate of drug-likeness (QED) is 0.430. The highest BCUT2D eigenvalue weighted by Gasteiger charge is 2.26. The van der Waals surface area contributed by atoms with Crippen molar-refractivity contribution in [2.45, 2.75) is 25.7 Å². The topological polar surface area (TPSA) is 63.9 Å². The Bertz CT molecular complexity index is 756. The van der Waals surface area contributed by atoms with E-state index in [9.17, 15) is 0 Å². The normalized spacial score (nSPS) is 17.0. The summed E-state index contributed by atoms with van der Waals surface area (Å²) in [7, 11) is 3.63. The SMILES string of the molecule is CCNC(=NCCCOc1ccc(OC)cc1)N1CCC(c2cnn(C)c2)C1. The maximum Gasteiger partial charge on any atom is 0.193 e. The van der Waals surface area contributed by atoms with Crippen molar-refractivity contribution in [3.63, 3.8) is 0 Å². The maximum atomic E-state index is 5.78. The fourth-order valence-corrected chi connectivity index (χ4v) is 3.41. The smallest absolute Gasteiger partial charge is 0.193 e. The molecular weight excluding hydrogens is 354 g/mol. The van der Waals surface area contributed by atoms with Crippen LogP contribution in [0.15, 0.2) is 41.7 Å². The van der Waals surface area contributed by atoms with E-state index in [1.54, 1.807) is 7.11 Å². The number of nitrogens with zero attached hydrogens (tertiary/aromatic N) is 4. The molecule has 1 aromatic carbocycles. The Morgan fingerprint density at radius 2 is 2.07 bits per heavy atom. The Kier molecular flexibility index (Phi) is 7.17. The van der Waals surface area contributed by atoms with Crippen LogP contribution in [0, 0.1) is 0 Å². The van der Waals surface area contributed by atoms with Crippen molar-refractivity contribution in [3.8, 4) is 11.5 Å². The van der Waals surface area contributed by atoms with Gasteiger partial charge in [-0.25, -0.2) is 0 Å². The van der Waals surface area contributed by atoms with E-state index >= 15 is 0 Å². The van der Waals surface area contributed by atoms with E-state index < -0.39 is 0 Å². The number of benzene rings is 1. The first-order valence-electron chi connectivity index (χ1n) is 9.98. The lowest BCUT2D eigenvalue weighted by Gasteiger charge is -2.21. The number of nitrogens with one attached hydrogen (secondary N) is 1. The van der Waals surface area contributed by atoms with Gasteiger partial charge in [-0.1, -0.05) is 0 Å². The number of rotatable bonds is 8. The van der Waals surface area contributed by atoms with Gasteiger partial charge in [0.05, 0.1) is 19.9 Å². The molecule has 0 aliphatic carbocycles. The molecular formula is C21H31N5O2. The third-order valence-electron chi connectivity index (χ3n) is 4.91. The van der Waals surface area contributed by atoms with E-state index in [0.29, 0.717) is 12.5 Å². The Morgan fingerprint density at radius 3 is 2.75 bits per heavy atom. The third-order valence-corrected chi connectivity index (χ3v) is 4.91. The van der Waals surface area contributed by atoms with Gasteiger partial charge >= 0.3 is 0 Å². The molecule has 2 aromatic rings. The van der Waals surface area contributed by atoms with Gasteiger partial charge < -0.3 is 19.7 Å². The first-order valence-corrected chi connectivity index (χ1v) is 9.98. The van der Waals surface area contributed by atoms with E-state index in [1.165, 1.54) is 5.56 Å². The van der Waals surface area contributed by atoms with Crippen LogP contribution in [0.4, 0.5) is 0 Å². The molecule has 1 aliphatic rings. The highest BCUT2D eigenvalue weighted by atomic mass is 16.5. The molecule has 0 amide bonds. The van der Waals surface area contributed by atoms with E-state index in [1.807, 2.05) is 42.2 Å². The van der Waals surface area contributed by atoms with E-state index in [-0.39, 0.29) is 0 Å². The number of likely N-dealkylation sites (tertiary alicyclic amines) is 1. The maximum absolute atomic E-state index is 5.78. The molecule has 0 spiro atoms. The summed E-state index contributed by atoms with van der Waals surface area (Å²) in [6.07, 6.45) is 6.11. The van der Waals surface area contributed by atoms with Crippen molar-refractivity contribution in [1.82, 2.24) is 20.0 Å². The summed E-state index contributed by atoms with van der Waals surface area (Å²) in [5, 5.41) is 7.73. The van der Waals surface area contributed by atoms with Crippen LogP contribution in [-0.2, 0) is 7.05 Å². The van der Waals surface area contributed by atoms with E-state index in [4.69, 9.17) is 14.5 Å². The third kappa shape index (κ3) is 5.41. The molecule has 28 heavy (non-hydrogen) atoms. The summed E-state index contributed by atoms with van der Waals surface area (Å²) in [5.41, 5.74) is 1.31. The molecule has 0 saturated carbocycles. The van der Waals surface area contributed by atoms with Gasteiger partial charge in [0.1, 0.15) is 11.5 Å². The summed E-state index contributed by atoms with van der Waals surface area (Å²) < 4.78 is 12.8. The molecule has 3 rings (SSSR count). The fourth-order valence-electron chi connectivity index (χ4n) is 3.41. The standard InChI is InChI=1S/C21H31N5O2/c1-4-22-21(26-12-10-17(16-26)18-14-24-25(2)15-18)23-11-5-13-28-20-8-6-19(27-3)7-9-20/h6-9,14-15,17H,4-5,10-13,16H2,1-3H3,(H,22,23). The second-order valence-electron chi connectivity index (χ2n) is 6.99. The fraction of sp³-hybridized carbons (Fsp3) is 0.524. The van der Waals surface area contributed by atoms with E-state index in [2.05, 4.69) is 28.4 Å². The minimum atomic E-state index is 0.524. The van der Waals surface area contributed by atoms with Crippen LogP contribution in [0.2, 0.25) is 0 Å². The molecule has 0 radical (unpaired) electrons. The predicted molar refractivity (Wildman–Crippen MR) is 111 cm³/mol. The molecule has 0 bridgehead atoms. The first-order chi connectivity index (χ1) is 13.7. The Labute approximate surface area is 167 Å². The lowest BCUT2D eigenvalue weighted by Crippen LogP contribution is -2.40. The molecule has 2 heterocycles. The van der Waals surface area contributed by atoms with Crippen molar-refractivity contribution in [2.75, 3.05) is 39.9 Å². The second-order valence-corrected chi connectivity index (χ2v) is 6.99. The molecule has 152 valence electrons. The minimum absolute atomic E-state index is 0.524. The average molecular weight is 386 g/mol. The molecule has 1 atom stereocenters. The van der Waals surface area contributed by atoms with Gasteiger partial charge in [-0.15, -0.1) is 0 Å². The van der Waals surface area contributed by atoms with Gasteiger partial charge in [0.15, 0.2) is 5.96 Å². The van der Waals surface area contributed by atoms with Crippen LogP contribution >= 0.6 is 0 Å². The van der Waals surface area contributed by atoms with Gasteiger partial charge in [0, 0.05) is 51.8 Å². The zero-order chi connectivity index (χ0) is 19.8. The lowest BCUT2D eigenvalue weighted by molar-refractivity contribution is 0.312. The van der Waals surface area contributed by atoms with Crippen molar-refractivity contribution in [3.05, 3.63) is 42.2 Å². The zero-order valence-electron chi connectivity index (χ0n) is 17.1. The van der Waals surface area contributed by atoms with Crippen LogP contribution in [-0.4, -0.2) is 60.5 Å². The lowest BCUT2D eigenvalue weighted by atomic mass is 10.0. The number of aromatic nitrogens is 2. The zero-order valence-corrected chi connectivity index (χ0v) is 17.1. The van der Waals surface area contributed by atoms with Crippen molar-refractivity contribution >= 4 is 5.96 Å². The van der Waals surface area contributed by atoms with Gasteiger partial charge in [0.2, 0.25) is 0 Å². The average Bonchev–Trinajstić information content (AvgIpc) is 3.36. The Morgan fingerprint density at radius 1 is 1.29 bits per heavy atom. The minimum Gasteiger partial charge on any atom is -0.497 e. The summed E-state index contributed by atoms with van der Waals surface area (Å²) in [4.78, 5) is 7.15. The summed E-state index contributed by atoms with van der Waals surface area (Å²) in [5.74, 6) is 3.22. The van der Waals surface area contributed by atoms with Gasteiger partial charge in [-0.05, 0) is 43.2 Å². The molecule has 1 N–H and O–H groups in total. The Hall–Kier alpha value is -2.70.